The molecule has 1 saturated carbocycles. The van der Waals surface area contributed by atoms with Crippen LogP contribution in [0.2, 0.25) is 0 Å². The molecule has 1 aliphatic carbocycles. The first-order valence-electron chi connectivity index (χ1n) is 12.8. The van der Waals surface area contributed by atoms with Gasteiger partial charge in [-0.05, 0) is 78.2 Å². The lowest BCUT2D eigenvalue weighted by Crippen LogP contribution is -2.36. The van der Waals surface area contributed by atoms with Crippen LogP contribution in [0, 0.1) is 0 Å². The third-order valence-corrected chi connectivity index (χ3v) is 8.19. The third-order valence-electron chi connectivity index (χ3n) is 6.72. The van der Waals surface area contributed by atoms with Gasteiger partial charge in [-0.1, -0.05) is 6.92 Å². The van der Waals surface area contributed by atoms with Gasteiger partial charge in [0, 0.05) is 29.7 Å². The smallest absolute Gasteiger partial charge is 0.261 e. The minimum absolute atomic E-state index is 0.00556. The maximum absolute atomic E-state index is 13.5. The molecule has 12 heteroatoms. The fraction of sp³-hybridized carbons (Fsp3) is 0.560. The maximum atomic E-state index is 13.5. The summed E-state index contributed by atoms with van der Waals surface area (Å²) < 4.78 is 28.1. The summed E-state index contributed by atoms with van der Waals surface area (Å²) in [6.45, 7) is 5.64. The number of fused-ring (bicyclic) bond motifs is 1. The van der Waals surface area contributed by atoms with Gasteiger partial charge in [-0.2, -0.15) is 4.98 Å². The van der Waals surface area contributed by atoms with Crippen molar-refractivity contribution in [2.75, 3.05) is 29.9 Å². The molecule has 3 aromatic rings. The van der Waals surface area contributed by atoms with Gasteiger partial charge in [0.1, 0.15) is 5.65 Å². The van der Waals surface area contributed by atoms with Crippen LogP contribution in [0.25, 0.3) is 22.3 Å². The van der Waals surface area contributed by atoms with Crippen molar-refractivity contribution in [3.05, 3.63) is 34.7 Å². The van der Waals surface area contributed by atoms with Crippen molar-refractivity contribution >= 4 is 32.8 Å². The number of hydrogen-bond acceptors (Lipinski definition) is 9. The molecule has 3 heterocycles. The number of sulfonamides is 1. The molecule has 4 rings (SSSR count). The molecule has 0 radical (unpaired) electrons. The zero-order chi connectivity index (χ0) is 26.7. The molecule has 0 saturated heterocycles. The molecule has 0 atom stereocenters. The van der Waals surface area contributed by atoms with Gasteiger partial charge in [-0.25, -0.2) is 13.4 Å². The third kappa shape index (κ3) is 6.24. The molecule has 0 unspecified atom stereocenters. The Balaban J connectivity index is 1.62. The average molecular weight is 529 g/mol. The number of anilines is 2. The van der Waals surface area contributed by atoms with E-state index in [-0.39, 0.29) is 23.2 Å². The first-order valence-corrected chi connectivity index (χ1v) is 14.4. The molecule has 0 bridgehead atoms. The Kier molecular flexibility index (Phi) is 8.08. The maximum Gasteiger partial charge on any atom is 0.261 e. The summed E-state index contributed by atoms with van der Waals surface area (Å²) >= 11 is 0. The summed E-state index contributed by atoms with van der Waals surface area (Å²) in [7, 11) is 0.767. The van der Waals surface area contributed by atoms with E-state index < -0.39 is 10.0 Å². The van der Waals surface area contributed by atoms with Crippen LogP contribution in [-0.4, -0.2) is 70.0 Å². The minimum atomic E-state index is -3.48. The highest BCUT2D eigenvalue weighted by Gasteiger charge is 2.23. The Hall–Kier alpha value is -3.12. The van der Waals surface area contributed by atoms with E-state index in [9.17, 15) is 13.2 Å². The molecule has 3 aromatic heterocycles. The van der Waals surface area contributed by atoms with Crippen molar-refractivity contribution < 1.29 is 8.42 Å². The molecule has 1 aliphatic rings. The Morgan fingerprint density at radius 1 is 1.14 bits per heavy atom. The van der Waals surface area contributed by atoms with Gasteiger partial charge in [0.05, 0.1) is 17.0 Å². The van der Waals surface area contributed by atoms with Gasteiger partial charge in [-0.15, -0.1) is 10.2 Å². The van der Waals surface area contributed by atoms with E-state index in [1.807, 2.05) is 13.8 Å². The van der Waals surface area contributed by atoms with Gasteiger partial charge < -0.3 is 10.2 Å². The van der Waals surface area contributed by atoms with Crippen molar-refractivity contribution in [2.45, 2.75) is 71.0 Å². The number of pyridine rings is 1. The largest absolute Gasteiger partial charge is 0.351 e. The standard InChI is InChI=1S/C25H36N8O3S/c1-6-13-37(35,36)31-22-12-11-21(29-30-22)20-14-17-15-26-25(28-23(17)33(16(2)3)24(20)34)27-18-7-9-19(10-8-18)32(4)5/h11-12,14-16,18-19H,6-10,13H2,1-5H3,(H,30,31)(H,26,27,28)/t18-,19-. The summed E-state index contributed by atoms with van der Waals surface area (Å²) in [4.78, 5) is 25.1. The number of nitrogens with one attached hydrogen (secondary N) is 2. The van der Waals surface area contributed by atoms with E-state index in [1.165, 1.54) is 6.07 Å². The summed E-state index contributed by atoms with van der Waals surface area (Å²) in [5, 5.41) is 12.3. The lowest BCUT2D eigenvalue weighted by Gasteiger charge is -2.33. The summed E-state index contributed by atoms with van der Waals surface area (Å²) in [5.74, 6) is 0.626. The average Bonchev–Trinajstić information content (AvgIpc) is 2.84. The molecule has 37 heavy (non-hydrogen) atoms. The molecular formula is C25H36N8O3S. The first kappa shape index (κ1) is 26.9. The van der Waals surface area contributed by atoms with E-state index in [1.54, 1.807) is 29.8 Å². The Morgan fingerprint density at radius 3 is 2.46 bits per heavy atom. The van der Waals surface area contributed by atoms with E-state index in [2.05, 4.69) is 44.2 Å². The van der Waals surface area contributed by atoms with Crippen LogP contribution < -0.4 is 15.6 Å². The second-order valence-corrected chi connectivity index (χ2v) is 12.0. The molecule has 2 N–H and O–H groups in total. The Morgan fingerprint density at radius 2 is 1.86 bits per heavy atom. The molecule has 0 aromatic carbocycles. The van der Waals surface area contributed by atoms with Crippen molar-refractivity contribution in [2.24, 2.45) is 0 Å². The van der Waals surface area contributed by atoms with Crippen molar-refractivity contribution in [1.29, 1.82) is 0 Å². The first-order chi connectivity index (χ1) is 17.6. The van der Waals surface area contributed by atoms with Crippen molar-refractivity contribution in [1.82, 2.24) is 29.6 Å². The van der Waals surface area contributed by atoms with E-state index in [0.717, 1.165) is 25.7 Å². The Bertz CT molecular complexity index is 1400. The van der Waals surface area contributed by atoms with Gasteiger partial charge in [0.25, 0.3) is 5.56 Å². The highest BCUT2D eigenvalue weighted by atomic mass is 32.2. The van der Waals surface area contributed by atoms with Crippen LogP contribution in [0.4, 0.5) is 11.8 Å². The summed E-state index contributed by atoms with van der Waals surface area (Å²) in [6, 6.07) is 5.57. The fourth-order valence-electron chi connectivity index (χ4n) is 4.78. The van der Waals surface area contributed by atoms with Crippen molar-refractivity contribution in [3.8, 4) is 11.3 Å². The molecule has 0 spiro atoms. The van der Waals surface area contributed by atoms with Gasteiger partial charge in [0.15, 0.2) is 5.82 Å². The van der Waals surface area contributed by atoms with E-state index in [4.69, 9.17) is 4.98 Å². The molecule has 1 fully saturated rings. The Labute approximate surface area is 217 Å². The monoisotopic (exact) mass is 528 g/mol. The topological polar surface area (TPSA) is 135 Å². The quantitative estimate of drug-likeness (QED) is 0.429. The van der Waals surface area contributed by atoms with Crippen LogP contribution in [0.1, 0.15) is 58.9 Å². The predicted molar refractivity (Wildman–Crippen MR) is 146 cm³/mol. The van der Waals surface area contributed by atoms with Crippen LogP contribution in [0.5, 0.6) is 0 Å². The number of hydrogen-bond donors (Lipinski definition) is 2. The second kappa shape index (κ2) is 11.1. The van der Waals surface area contributed by atoms with E-state index in [0.29, 0.717) is 46.7 Å². The minimum Gasteiger partial charge on any atom is -0.351 e. The molecule has 200 valence electrons. The van der Waals surface area contributed by atoms with Crippen LogP contribution >= 0.6 is 0 Å². The zero-order valence-electron chi connectivity index (χ0n) is 22.1. The fourth-order valence-corrected chi connectivity index (χ4v) is 5.85. The number of aromatic nitrogens is 5. The lowest BCUT2D eigenvalue weighted by molar-refractivity contribution is 0.221. The molecule has 0 amide bonds. The summed E-state index contributed by atoms with van der Waals surface area (Å²) in [5.41, 5.74) is 1.01. The van der Waals surface area contributed by atoms with Gasteiger partial charge in [0.2, 0.25) is 16.0 Å². The lowest BCUT2D eigenvalue weighted by atomic mass is 9.91. The van der Waals surface area contributed by atoms with Crippen LogP contribution in [0.3, 0.4) is 0 Å². The van der Waals surface area contributed by atoms with Crippen LogP contribution in [-0.2, 0) is 10.0 Å². The summed E-state index contributed by atoms with van der Waals surface area (Å²) in [6.07, 6.45) is 6.55. The highest BCUT2D eigenvalue weighted by molar-refractivity contribution is 7.92. The number of rotatable bonds is 9. The van der Waals surface area contributed by atoms with Crippen LogP contribution in [0.15, 0.2) is 29.2 Å². The second-order valence-electron chi connectivity index (χ2n) is 10.1. The van der Waals surface area contributed by atoms with Gasteiger partial charge in [-0.3, -0.25) is 14.1 Å². The predicted octanol–water partition coefficient (Wildman–Crippen LogP) is 3.27. The van der Waals surface area contributed by atoms with Crippen molar-refractivity contribution in [3.63, 3.8) is 0 Å². The number of nitrogens with zero attached hydrogens (tertiary/aromatic N) is 6. The normalized spacial score (nSPS) is 18.5. The van der Waals surface area contributed by atoms with E-state index >= 15 is 0 Å². The molecule has 11 nitrogen and oxygen atoms in total. The highest BCUT2D eigenvalue weighted by Crippen LogP contribution is 2.25. The SMILES string of the molecule is CCCS(=O)(=O)Nc1ccc(-c2cc3cnc(N[C@H]4CC[C@H](N(C)C)CC4)nc3n(C(C)C)c2=O)nn1. The van der Waals surface area contributed by atoms with Gasteiger partial charge >= 0.3 is 0 Å². The molecular weight excluding hydrogens is 492 g/mol. The molecule has 0 aliphatic heterocycles. The zero-order valence-corrected chi connectivity index (χ0v) is 22.9.